The number of nitrogens with one attached hydrogen (secondary N) is 1. The van der Waals surface area contributed by atoms with Crippen molar-refractivity contribution in [3.05, 3.63) is 47.0 Å². The highest BCUT2D eigenvalue weighted by atomic mass is 35.5. The summed E-state index contributed by atoms with van der Waals surface area (Å²) < 4.78 is 16.1. The number of rotatable bonds is 11. The van der Waals surface area contributed by atoms with Crippen LogP contribution in [0.25, 0.3) is 0 Å². The second-order valence-electron chi connectivity index (χ2n) is 6.98. The number of carbonyl (C=O) groups is 2. The van der Waals surface area contributed by atoms with Crippen molar-refractivity contribution >= 4 is 29.0 Å². The van der Waals surface area contributed by atoms with Gasteiger partial charge in [0.05, 0.1) is 26.5 Å². The highest BCUT2D eigenvalue weighted by molar-refractivity contribution is 6.31. The van der Waals surface area contributed by atoms with Gasteiger partial charge >= 0.3 is 0 Å². The van der Waals surface area contributed by atoms with Crippen molar-refractivity contribution in [1.29, 1.82) is 0 Å². The molecule has 2 N–H and O–H groups in total. The Kier molecular flexibility index (Phi) is 9.11. The second kappa shape index (κ2) is 11.5. The fourth-order valence-corrected chi connectivity index (χ4v) is 3.05. The molecule has 0 aromatic heterocycles. The molecule has 0 heterocycles. The number of nitrogens with zero attached hydrogens (tertiary/aromatic N) is 1. The van der Waals surface area contributed by atoms with Crippen LogP contribution in [0.2, 0.25) is 5.02 Å². The van der Waals surface area contributed by atoms with Gasteiger partial charge in [0.25, 0.3) is 0 Å². The Morgan fingerprint density at radius 3 is 2.42 bits per heavy atom. The van der Waals surface area contributed by atoms with Gasteiger partial charge in [0.1, 0.15) is 18.5 Å². The lowest BCUT2D eigenvalue weighted by Gasteiger charge is -2.21. The van der Waals surface area contributed by atoms with Gasteiger partial charge in [-0.15, -0.1) is 0 Å². The number of Topliss-reactive ketones (excluding diaryl/α,β-unsaturated/α-hetero) is 1. The van der Waals surface area contributed by atoms with Crippen LogP contribution in [-0.2, 0) is 4.79 Å². The molecule has 1 amide bonds. The summed E-state index contributed by atoms with van der Waals surface area (Å²) in [6, 6.07) is 9.78. The van der Waals surface area contributed by atoms with Crippen LogP contribution in [0.3, 0.4) is 0 Å². The van der Waals surface area contributed by atoms with E-state index in [2.05, 4.69) is 5.32 Å². The van der Waals surface area contributed by atoms with E-state index in [4.69, 9.17) is 25.8 Å². The Hall–Kier alpha value is -2.81. The Bertz CT molecular complexity index is 921. The van der Waals surface area contributed by atoms with Gasteiger partial charge in [-0.3, -0.25) is 14.5 Å². The fraction of sp³-hybridized carbons (Fsp3) is 0.364. The van der Waals surface area contributed by atoms with Crippen LogP contribution >= 0.6 is 11.6 Å². The van der Waals surface area contributed by atoms with Gasteiger partial charge in [0.15, 0.2) is 17.3 Å². The molecule has 0 aliphatic rings. The highest BCUT2D eigenvalue weighted by Crippen LogP contribution is 2.29. The van der Waals surface area contributed by atoms with E-state index in [-0.39, 0.29) is 31.4 Å². The summed E-state index contributed by atoms with van der Waals surface area (Å²) in [5.74, 6) is 0.958. The van der Waals surface area contributed by atoms with Crippen LogP contribution in [0, 0.1) is 0 Å². The highest BCUT2D eigenvalue weighted by Gasteiger charge is 2.15. The zero-order valence-corrected chi connectivity index (χ0v) is 18.7. The second-order valence-corrected chi connectivity index (χ2v) is 7.41. The number of benzene rings is 2. The van der Waals surface area contributed by atoms with Crippen LogP contribution in [-0.4, -0.2) is 68.8 Å². The summed E-state index contributed by atoms with van der Waals surface area (Å²) in [5, 5.41) is 13.5. The molecule has 0 aliphatic heterocycles. The van der Waals surface area contributed by atoms with Crippen LogP contribution in [0.4, 0.5) is 5.69 Å². The Morgan fingerprint density at radius 2 is 1.77 bits per heavy atom. The minimum Gasteiger partial charge on any atom is -0.495 e. The maximum absolute atomic E-state index is 12.3. The molecular formula is C22H27ClN2O6. The smallest absolute Gasteiger partial charge is 0.238 e. The SMILES string of the molecule is COc1ccc(Cl)cc1NC(=O)CN(C)CC(O)COc1ccc(C(C)=O)cc1OC. The molecule has 9 heteroatoms. The number of hydrogen-bond donors (Lipinski definition) is 2. The third-order valence-electron chi connectivity index (χ3n) is 4.37. The summed E-state index contributed by atoms with van der Waals surface area (Å²) >= 11 is 5.97. The van der Waals surface area contributed by atoms with Crippen molar-refractivity contribution in [2.24, 2.45) is 0 Å². The van der Waals surface area contributed by atoms with Crippen molar-refractivity contribution in [3.8, 4) is 17.2 Å². The van der Waals surface area contributed by atoms with Crippen molar-refractivity contribution in [3.63, 3.8) is 0 Å². The number of aliphatic hydroxyl groups excluding tert-OH is 1. The van der Waals surface area contributed by atoms with E-state index < -0.39 is 6.10 Å². The lowest BCUT2D eigenvalue weighted by Crippen LogP contribution is -2.37. The molecule has 1 unspecified atom stereocenters. The number of amides is 1. The first-order valence-corrected chi connectivity index (χ1v) is 9.93. The molecule has 0 radical (unpaired) electrons. The number of ether oxygens (including phenoxy) is 3. The van der Waals surface area contributed by atoms with Crippen LogP contribution < -0.4 is 19.5 Å². The van der Waals surface area contributed by atoms with E-state index in [1.165, 1.54) is 21.1 Å². The number of methoxy groups -OCH3 is 2. The number of ketones is 1. The monoisotopic (exact) mass is 450 g/mol. The molecule has 2 rings (SSSR count). The number of hydrogen-bond acceptors (Lipinski definition) is 7. The maximum Gasteiger partial charge on any atom is 0.238 e. The van der Waals surface area contributed by atoms with Crippen molar-refractivity contribution < 1.29 is 28.9 Å². The van der Waals surface area contributed by atoms with Crippen molar-refractivity contribution in [2.45, 2.75) is 13.0 Å². The van der Waals surface area contributed by atoms with Crippen molar-refractivity contribution in [1.82, 2.24) is 4.90 Å². The van der Waals surface area contributed by atoms with Gasteiger partial charge in [-0.25, -0.2) is 0 Å². The van der Waals surface area contributed by atoms with Gasteiger partial charge in [-0.2, -0.15) is 0 Å². The van der Waals surface area contributed by atoms with E-state index in [1.54, 1.807) is 48.3 Å². The van der Waals surface area contributed by atoms with Crippen LogP contribution in [0.5, 0.6) is 17.2 Å². The van der Waals surface area contributed by atoms with E-state index in [0.29, 0.717) is 33.5 Å². The maximum atomic E-state index is 12.3. The number of likely N-dealkylation sites (N-methyl/N-ethyl adjacent to an activating group) is 1. The molecular weight excluding hydrogens is 424 g/mol. The van der Waals surface area contributed by atoms with Crippen LogP contribution in [0.15, 0.2) is 36.4 Å². The van der Waals surface area contributed by atoms with Crippen LogP contribution in [0.1, 0.15) is 17.3 Å². The first-order chi connectivity index (χ1) is 14.7. The Balaban J connectivity index is 1.86. The lowest BCUT2D eigenvalue weighted by atomic mass is 10.1. The van der Waals surface area contributed by atoms with E-state index >= 15 is 0 Å². The van der Waals surface area contributed by atoms with Crippen molar-refractivity contribution in [2.75, 3.05) is 46.3 Å². The standard InChI is InChI=1S/C22H27ClN2O6/c1-14(26)15-5-7-20(21(9-15)30-4)31-13-17(27)11-25(2)12-22(28)24-18-10-16(23)6-8-19(18)29-3/h5-10,17,27H,11-13H2,1-4H3,(H,24,28). The fourth-order valence-electron chi connectivity index (χ4n) is 2.88. The molecule has 31 heavy (non-hydrogen) atoms. The summed E-state index contributed by atoms with van der Waals surface area (Å²) in [7, 11) is 4.69. The average Bonchev–Trinajstić information content (AvgIpc) is 2.71. The zero-order chi connectivity index (χ0) is 23.0. The molecule has 0 saturated carbocycles. The van der Waals surface area contributed by atoms with Gasteiger partial charge < -0.3 is 24.6 Å². The minimum atomic E-state index is -0.851. The Morgan fingerprint density at radius 1 is 1.10 bits per heavy atom. The third kappa shape index (κ3) is 7.43. The molecule has 0 aliphatic carbocycles. The largest absolute Gasteiger partial charge is 0.495 e. The van der Waals surface area contributed by atoms with Gasteiger partial charge in [0, 0.05) is 17.1 Å². The molecule has 1 atom stereocenters. The van der Waals surface area contributed by atoms with E-state index in [1.807, 2.05) is 0 Å². The predicted molar refractivity (Wildman–Crippen MR) is 119 cm³/mol. The van der Waals surface area contributed by atoms with E-state index in [9.17, 15) is 14.7 Å². The number of carbonyl (C=O) groups excluding carboxylic acids is 2. The molecule has 0 bridgehead atoms. The molecule has 2 aromatic carbocycles. The van der Waals surface area contributed by atoms with E-state index in [0.717, 1.165) is 0 Å². The third-order valence-corrected chi connectivity index (χ3v) is 4.61. The normalized spacial score (nSPS) is 11.7. The average molecular weight is 451 g/mol. The summed E-state index contributed by atoms with van der Waals surface area (Å²) in [6.45, 7) is 1.70. The summed E-state index contributed by atoms with van der Waals surface area (Å²) in [6.07, 6.45) is -0.851. The molecule has 2 aromatic rings. The quantitative estimate of drug-likeness (QED) is 0.508. The minimum absolute atomic E-state index is 0.0101. The first-order valence-electron chi connectivity index (χ1n) is 9.55. The predicted octanol–water partition coefficient (Wildman–Crippen LogP) is 2.87. The van der Waals surface area contributed by atoms with Gasteiger partial charge in [-0.05, 0) is 50.4 Å². The number of anilines is 1. The van der Waals surface area contributed by atoms with Gasteiger partial charge in [0.2, 0.25) is 5.91 Å². The van der Waals surface area contributed by atoms with Gasteiger partial charge in [-0.1, -0.05) is 11.6 Å². The Labute approximate surface area is 186 Å². The topological polar surface area (TPSA) is 97.3 Å². The first kappa shape index (κ1) is 24.5. The molecule has 0 fully saturated rings. The molecule has 0 saturated heterocycles. The molecule has 8 nitrogen and oxygen atoms in total. The number of halogens is 1. The summed E-state index contributed by atoms with van der Waals surface area (Å²) in [5.41, 5.74) is 0.977. The number of aliphatic hydroxyl groups is 1. The lowest BCUT2D eigenvalue weighted by molar-refractivity contribution is -0.117. The zero-order valence-electron chi connectivity index (χ0n) is 18.0. The molecule has 0 spiro atoms. The summed E-state index contributed by atoms with van der Waals surface area (Å²) in [4.78, 5) is 25.5. The molecule has 168 valence electrons.